The third-order valence-electron chi connectivity index (χ3n) is 5.33. The fraction of sp³-hybridized carbons (Fsp3) is 0.304. The molecule has 1 atom stereocenters. The van der Waals surface area contributed by atoms with Crippen LogP contribution in [0.15, 0.2) is 60.7 Å². The third-order valence-corrected chi connectivity index (χ3v) is 5.56. The van der Waals surface area contributed by atoms with Crippen molar-refractivity contribution in [1.82, 2.24) is 4.90 Å². The molecule has 4 rings (SSSR count). The quantitative estimate of drug-likeness (QED) is 0.689. The van der Waals surface area contributed by atoms with E-state index in [1.54, 1.807) is 11.9 Å². The van der Waals surface area contributed by atoms with Gasteiger partial charge in [-0.2, -0.15) is 0 Å². The van der Waals surface area contributed by atoms with Crippen molar-refractivity contribution < 1.29 is 23.8 Å². The zero-order valence-corrected chi connectivity index (χ0v) is 17.3. The van der Waals surface area contributed by atoms with Crippen molar-refractivity contribution >= 4 is 23.5 Å². The van der Waals surface area contributed by atoms with Gasteiger partial charge >= 0.3 is 17.8 Å². The number of benzene rings is 2. The monoisotopic (exact) mass is 427 g/mol. The summed E-state index contributed by atoms with van der Waals surface area (Å²) in [5.41, 5.74) is 3.15. The van der Waals surface area contributed by atoms with Gasteiger partial charge in [-0.15, -0.1) is 0 Å². The van der Waals surface area contributed by atoms with Crippen LogP contribution in [0.1, 0.15) is 18.4 Å². The van der Waals surface area contributed by atoms with Crippen LogP contribution in [0.25, 0.3) is 11.1 Å². The van der Waals surface area contributed by atoms with Crippen LogP contribution in [-0.2, 0) is 30.4 Å². The lowest BCUT2D eigenvalue weighted by atomic mass is 10.0. The third kappa shape index (κ3) is 4.56. The van der Waals surface area contributed by atoms with Crippen molar-refractivity contribution in [2.45, 2.75) is 31.5 Å². The number of likely N-dealkylation sites (tertiary alicyclic amines) is 1. The van der Waals surface area contributed by atoms with Crippen LogP contribution in [0.2, 0.25) is 5.02 Å². The summed E-state index contributed by atoms with van der Waals surface area (Å²) in [6, 6.07) is 15.8. The first kappa shape index (κ1) is 20.6. The smallest absolute Gasteiger partial charge is 0.335 e. The van der Waals surface area contributed by atoms with E-state index in [0.717, 1.165) is 35.3 Å². The van der Waals surface area contributed by atoms with Crippen LogP contribution in [-0.4, -0.2) is 42.4 Å². The van der Waals surface area contributed by atoms with Gasteiger partial charge in [-0.05, 0) is 42.3 Å². The van der Waals surface area contributed by atoms with Gasteiger partial charge in [-0.3, -0.25) is 0 Å². The highest BCUT2D eigenvalue weighted by molar-refractivity contribution is 6.30. The number of carbonyl (C=O) groups excluding carboxylic acids is 2. The van der Waals surface area contributed by atoms with Crippen molar-refractivity contribution in [1.29, 1.82) is 0 Å². The molecule has 2 aliphatic heterocycles. The summed E-state index contributed by atoms with van der Waals surface area (Å²) in [4.78, 5) is 25.5. The second-order valence-corrected chi connectivity index (χ2v) is 7.88. The largest absolute Gasteiger partial charge is 0.405 e. The number of piperidine rings is 1. The van der Waals surface area contributed by atoms with Crippen LogP contribution < -0.4 is 0 Å². The number of ether oxygens (including phenoxy) is 3. The van der Waals surface area contributed by atoms with Crippen molar-refractivity contribution in [2.24, 2.45) is 0 Å². The molecule has 30 heavy (non-hydrogen) atoms. The Balaban J connectivity index is 1.40. The van der Waals surface area contributed by atoms with Crippen LogP contribution in [0.5, 0.6) is 0 Å². The van der Waals surface area contributed by atoms with E-state index < -0.39 is 17.8 Å². The fourth-order valence-electron chi connectivity index (χ4n) is 3.65. The molecule has 0 bridgehead atoms. The molecule has 6 nitrogen and oxygen atoms in total. The van der Waals surface area contributed by atoms with E-state index in [2.05, 4.69) is 0 Å². The Morgan fingerprint density at radius 3 is 2.43 bits per heavy atom. The molecule has 0 radical (unpaired) electrons. The van der Waals surface area contributed by atoms with Crippen molar-refractivity contribution in [3.05, 3.63) is 71.3 Å². The Labute approximate surface area is 180 Å². The summed E-state index contributed by atoms with van der Waals surface area (Å²) < 4.78 is 17.0. The predicted molar refractivity (Wildman–Crippen MR) is 111 cm³/mol. The van der Waals surface area contributed by atoms with Gasteiger partial charge in [0, 0.05) is 23.7 Å². The minimum absolute atomic E-state index is 0.215. The maximum absolute atomic E-state index is 11.9. The minimum Gasteiger partial charge on any atom is -0.405 e. The highest BCUT2D eigenvalue weighted by atomic mass is 35.5. The van der Waals surface area contributed by atoms with E-state index in [-0.39, 0.29) is 12.5 Å². The first-order chi connectivity index (χ1) is 14.4. The lowest BCUT2D eigenvalue weighted by Crippen LogP contribution is -2.58. The molecule has 2 aromatic carbocycles. The second kappa shape index (κ2) is 8.60. The van der Waals surface area contributed by atoms with Gasteiger partial charge in [-0.1, -0.05) is 48.0 Å². The molecule has 0 saturated carbocycles. The van der Waals surface area contributed by atoms with E-state index in [1.165, 1.54) is 0 Å². The zero-order chi connectivity index (χ0) is 21.1. The van der Waals surface area contributed by atoms with E-state index in [0.29, 0.717) is 18.2 Å². The molecule has 0 amide bonds. The van der Waals surface area contributed by atoms with E-state index in [9.17, 15) is 9.59 Å². The summed E-state index contributed by atoms with van der Waals surface area (Å²) in [5.74, 6) is -2.65. The predicted octanol–water partition coefficient (Wildman–Crippen LogP) is 3.93. The number of nitrogens with zero attached hydrogens (tertiary/aromatic N) is 1. The molecule has 2 heterocycles. The summed E-state index contributed by atoms with van der Waals surface area (Å²) in [6.07, 6.45) is 2.94. The standard InChI is InChI=1S/C23H22ClNO5/c1-25-12-11-20(14-23(25)29-21(26)9-10-22(27)30-23)28-15-16-5-7-17(8-6-16)18-3-2-4-19(24)13-18/h2-10,13,20H,11-12,14-15H2,1H3. The molecule has 0 aromatic heterocycles. The molecule has 7 heteroatoms. The van der Waals surface area contributed by atoms with Gasteiger partial charge in [0.25, 0.3) is 0 Å². The van der Waals surface area contributed by atoms with Crippen LogP contribution in [0.3, 0.4) is 0 Å². The first-order valence-electron chi connectivity index (χ1n) is 9.75. The van der Waals surface area contributed by atoms with Gasteiger partial charge in [0.2, 0.25) is 0 Å². The number of hydrogen-bond donors (Lipinski definition) is 0. The molecular formula is C23H22ClNO5. The molecule has 156 valence electrons. The molecule has 0 N–H and O–H groups in total. The fourth-order valence-corrected chi connectivity index (χ4v) is 3.84. The normalized spacial score (nSPS) is 21.2. The van der Waals surface area contributed by atoms with Gasteiger partial charge < -0.3 is 14.2 Å². The molecule has 0 aliphatic carbocycles. The molecule has 1 unspecified atom stereocenters. The van der Waals surface area contributed by atoms with Gasteiger partial charge in [0.15, 0.2) is 0 Å². The topological polar surface area (TPSA) is 65.1 Å². The number of halogens is 1. The maximum atomic E-state index is 11.9. The Morgan fingerprint density at radius 2 is 1.77 bits per heavy atom. The molecule has 2 aromatic rings. The van der Waals surface area contributed by atoms with Crippen molar-refractivity contribution in [2.75, 3.05) is 13.6 Å². The lowest BCUT2D eigenvalue weighted by molar-refractivity contribution is -0.300. The Kier molecular flexibility index (Phi) is 5.90. The van der Waals surface area contributed by atoms with Gasteiger partial charge in [0.1, 0.15) is 0 Å². The Hall–Kier alpha value is -2.67. The number of esters is 2. The SMILES string of the molecule is CN1CCC(OCc2ccc(-c3cccc(Cl)c3)cc2)CC12OC(=O)C=CC(=O)O2. The second-order valence-electron chi connectivity index (χ2n) is 7.44. The summed E-state index contributed by atoms with van der Waals surface area (Å²) in [6.45, 7) is 0.972. The minimum atomic E-state index is -1.43. The highest BCUT2D eigenvalue weighted by Crippen LogP contribution is 2.33. The first-order valence-corrected chi connectivity index (χ1v) is 10.1. The van der Waals surface area contributed by atoms with Gasteiger partial charge in [0.05, 0.1) is 19.1 Å². The average Bonchev–Trinajstić information content (AvgIpc) is 2.87. The number of hydrogen-bond acceptors (Lipinski definition) is 6. The average molecular weight is 428 g/mol. The molecule has 1 saturated heterocycles. The summed E-state index contributed by atoms with van der Waals surface area (Å²) >= 11 is 6.07. The zero-order valence-electron chi connectivity index (χ0n) is 16.5. The van der Waals surface area contributed by atoms with Crippen molar-refractivity contribution in [3.8, 4) is 11.1 Å². The van der Waals surface area contributed by atoms with Crippen LogP contribution in [0, 0.1) is 0 Å². The van der Waals surface area contributed by atoms with E-state index >= 15 is 0 Å². The highest BCUT2D eigenvalue weighted by Gasteiger charge is 2.48. The summed E-state index contributed by atoms with van der Waals surface area (Å²) in [5, 5.41) is 0.700. The van der Waals surface area contributed by atoms with Crippen LogP contribution in [0.4, 0.5) is 0 Å². The van der Waals surface area contributed by atoms with Crippen LogP contribution >= 0.6 is 11.6 Å². The molecule has 2 aliphatic rings. The Morgan fingerprint density at radius 1 is 1.07 bits per heavy atom. The maximum Gasteiger partial charge on any atom is 0.335 e. The molecule has 1 spiro atoms. The lowest BCUT2D eigenvalue weighted by Gasteiger charge is -2.44. The van der Waals surface area contributed by atoms with E-state index in [4.69, 9.17) is 25.8 Å². The van der Waals surface area contributed by atoms with E-state index in [1.807, 2.05) is 48.5 Å². The van der Waals surface area contributed by atoms with Gasteiger partial charge in [-0.25, -0.2) is 14.5 Å². The Bertz CT molecular complexity index is 952. The molecular weight excluding hydrogens is 406 g/mol. The number of carbonyl (C=O) groups is 2. The summed E-state index contributed by atoms with van der Waals surface area (Å²) in [7, 11) is 1.76. The van der Waals surface area contributed by atoms with Crippen molar-refractivity contribution in [3.63, 3.8) is 0 Å². The number of rotatable bonds is 4. The molecule has 1 fully saturated rings.